The number of hydrogen-bond donors (Lipinski definition) is 2. The van der Waals surface area contributed by atoms with Gasteiger partial charge in [0.1, 0.15) is 17.4 Å². The Morgan fingerprint density at radius 3 is 2.54 bits per heavy atom. The number of aromatic hydroxyl groups is 1. The van der Waals surface area contributed by atoms with Crippen LogP contribution < -0.4 is 10.2 Å². The smallest absolute Gasteiger partial charge is 0.223 e. The number of carbonyl (C=O) groups excluding carboxylic acids is 1. The minimum atomic E-state index is 0.186. The number of phenols is 1. The van der Waals surface area contributed by atoms with E-state index in [0.717, 1.165) is 54.6 Å². The summed E-state index contributed by atoms with van der Waals surface area (Å²) in [7, 11) is 0. The number of anilines is 2. The summed E-state index contributed by atoms with van der Waals surface area (Å²) in [5, 5.41) is 14.1. The molecule has 2 fully saturated rings. The predicted octanol–water partition coefficient (Wildman–Crippen LogP) is 5.49. The third kappa shape index (κ3) is 5.72. The maximum absolute atomic E-state index is 13.0. The molecule has 0 amide bonds. The fraction of sp³-hybridized carbons (Fsp3) is 0.500. The average molecular weight is 474 g/mol. The van der Waals surface area contributed by atoms with Crippen molar-refractivity contribution in [2.75, 3.05) is 23.3 Å². The Morgan fingerprint density at radius 2 is 1.77 bits per heavy atom. The number of rotatable bonds is 7. The number of nitrogens with zero attached hydrogens (tertiary/aromatic N) is 4. The Labute approximate surface area is 207 Å². The van der Waals surface area contributed by atoms with E-state index in [1.165, 1.54) is 38.5 Å². The van der Waals surface area contributed by atoms with Gasteiger partial charge in [0.05, 0.1) is 10.9 Å². The molecule has 5 rings (SSSR count). The maximum Gasteiger partial charge on any atom is 0.223 e. The largest absolute Gasteiger partial charge is 0.508 e. The van der Waals surface area contributed by atoms with Crippen molar-refractivity contribution in [1.29, 1.82) is 0 Å². The molecule has 184 valence electrons. The number of para-hydroxylation sites is 1. The van der Waals surface area contributed by atoms with Gasteiger partial charge in [-0.2, -0.15) is 0 Å². The lowest BCUT2D eigenvalue weighted by atomic mass is 9.85. The second kappa shape index (κ2) is 11.0. The summed E-state index contributed by atoms with van der Waals surface area (Å²) >= 11 is 0. The number of fused-ring (bicyclic) bond motifs is 1. The molecule has 1 aliphatic heterocycles. The summed E-state index contributed by atoms with van der Waals surface area (Å²) in [5.74, 6) is 2.93. The summed E-state index contributed by atoms with van der Waals surface area (Å²) in [6.45, 7) is 2.11. The molecule has 1 saturated carbocycles. The van der Waals surface area contributed by atoms with Crippen molar-refractivity contribution in [3.05, 3.63) is 48.3 Å². The molecule has 1 aromatic carbocycles. The zero-order chi connectivity index (χ0) is 24.0. The molecule has 2 aromatic heterocycles. The average Bonchev–Trinajstić information content (AvgIpc) is 3.16. The van der Waals surface area contributed by atoms with Crippen LogP contribution in [0.5, 0.6) is 5.75 Å². The number of nitrogens with one attached hydrogen (secondary N) is 1. The van der Waals surface area contributed by atoms with Crippen LogP contribution in [0.2, 0.25) is 0 Å². The minimum absolute atomic E-state index is 0.186. The van der Waals surface area contributed by atoms with Crippen LogP contribution in [0.1, 0.15) is 63.4 Å². The highest BCUT2D eigenvalue weighted by Crippen LogP contribution is 2.31. The highest BCUT2D eigenvalue weighted by molar-refractivity contribution is 5.89. The van der Waals surface area contributed by atoms with Crippen molar-refractivity contribution in [2.24, 2.45) is 11.8 Å². The van der Waals surface area contributed by atoms with Gasteiger partial charge in [-0.1, -0.05) is 56.7 Å². The first kappa shape index (κ1) is 23.5. The van der Waals surface area contributed by atoms with Crippen molar-refractivity contribution in [3.63, 3.8) is 0 Å². The molecule has 0 radical (unpaired) electrons. The zero-order valence-corrected chi connectivity index (χ0v) is 20.3. The van der Waals surface area contributed by atoms with Crippen LogP contribution in [-0.4, -0.2) is 38.9 Å². The van der Waals surface area contributed by atoms with Crippen LogP contribution in [0.25, 0.3) is 10.9 Å². The molecule has 3 aromatic rings. The number of Topliss-reactive ketones (excluding diaryl/α,β-unsaturated/α-hetero) is 1. The van der Waals surface area contributed by atoms with Gasteiger partial charge in [-0.15, -0.1) is 0 Å². The van der Waals surface area contributed by atoms with Gasteiger partial charge in [-0.3, -0.25) is 4.79 Å². The molecular formula is C28H35N5O2. The SMILES string of the molecule is O=C(CC1CCCCCC1)C1CCN(c2nccc3nc(NCc4ccccc4O)ncc23)CC1. The van der Waals surface area contributed by atoms with E-state index in [0.29, 0.717) is 24.2 Å². The third-order valence-corrected chi connectivity index (χ3v) is 7.63. The van der Waals surface area contributed by atoms with Gasteiger partial charge in [-0.25, -0.2) is 15.0 Å². The first-order chi connectivity index (χ1) is 17.2. The minimum Gasteiger partial charge on any atom is -0.508 e. The van der Waals surface area contributed by atoms with E-state index in [2.05, 4.69) is 25.2 Å². The van der Waals surface area contributed by atoms with Crippen molar-refractivity contribution in [2.45, 2.75) is 64.3 Å². The lowest BCUT2D eigenvalue weighted by molar-refractivity contribution is -0.124. The van der Waals surface area contributed by atoms with Gasteiger partial charge < -0.3 is 15.3 Å². The number of phenolic OH excluding ortho intramolecular Hbond substituents is 1. The van der Waals surface area contributed by atoms with Gasteiger partial charge in [0.25, 0.3) is 0 Å². The zero-order valence-electron chi connectivity index (χ0n) is 20.3. The Bertz CT molecular complexity index is 1150. The standard InChI is InChI=1S/C28H35N5O2/c34-25-10-6-5-9-22(25)18-30-28-31-19-23-24(32-28)11-14-29-27(23)33-15-12-21(13-16-33)26(35)17-20-7-3-1-2-4-8-20/h5-6,9-11,14,19-21,34H,1-4,7-8,12-13,15-18H2,(H,30,31,32). The molecular weight excluding hydrogens is 438 g/mol. The molecule has 0 spiro atoms. The van der Waals surface area contributed by atoms with E-state index in [1.54, 1.807) is 18.3 Å². The van der Waals surface area contributed by atoms with Gasteiger partial charge in [0.15, 0.2) is 0 Å². The number of benzene rings is 1. The summed E-state index contributed by atoms with van der Waals surface area (Å²) in [6.07, 6.45) is 13.9. The topological polar surface area (TPSA) is 91.2 Å². The fourth-order valence-corrected chi connectivity index (χ4v) is 5.55. The number of hydrogen-bond acceptors (Lipinski definition) is 7. The van der Waals surface area contributed by atoms with E-state index < -0.39 is 0 Å². The quantitative estimate of drug-likeness (QED) is 0.439. The Balaban J connectivity index is 1.21. The fourth-order valence-electron chi connectivity index (χ4n) is 5.55. The highest BCUT2D eigenvalue weighted by Gasteiger charge is 2.28. The molecule has 0 bridgehead atoms. The Kier molecular flexibility index (Phi) is 7.40. The first-order valence-corrected chi connectivity index (χ1v) is 13.1. The molecule has 7 heteroatoms. The molecule has 35 heavy (non-hydrogen) atoms. The number of ketones is 1. The molecule has 0 unspecified atom stereocenters. The Morgan fingerprint density at radius 1 is 1.00 bits per heavy atom. The number of pyridine rings is 1. The first-order valence-electron chi connectivity index (χ1n) is 13.1. The summed E-state index contributed by atoms with van der Waals surface area (Å²) < 4.78 is 0. The lowest BCUT2D eigenvalue weighted by Gasteiger charge is -2.33. The molecule has 1 saturated heterocycles. The number of aromatic nitrogens is 3. The van der Waals surface area contributed by atoms with E-state index in [9.17, 15) is 9.90 Å². The molecule has 3 heterocycles. The van der Waals surface area contributed by atoms with Crippen LogP contribution >= 0.6 is 0 Å². The van der Waals surface area contributed by atoms with Crippen molar-refractivity contribution in [3.8, 4) is 5.75 Å². The van der Waals surface area contributed by atoms with Gasteiger partial charge >= 0.3 is 0 Å². The van der Waals surface area contributed by atoms with E-state index in [1.807, 2.05) is 24.4 Å². The molecule has 2 aliphatic rings. The van der Waals surface area contributed by atoms with Gasteiger partial charge in [0, 0.05) is 49.9 Å². The Hall–Kier alpha value is -3.22. The number of carbonyl (C=O) groups is 1. The molecule has 1 aliphatic carbocycles. The normalized spacial score (nSPS) is 17.9. The molecule has 2 N–H and O–H groups in total. The van der Waals surface area contributed by atoms with Crippen molar-refractivity contribution >= 4 is 28.5 Å². The van der Waals surface area contributed by atoms with Crippen LogP contribution in [0, 0.1) is 11.8 Å². The molecule has 0 atom stereocenters. The monoisotopic (exact) mass is 473 g/mol. The summed E-state index contributed by atoms with van der Waals surface area (Å²) in [5.41, 5.74) is 1.62. The second-order valence-corrected chi connectivity index (χ2v) is 10.0. The van der Waals surface area contributed by atoms with Crippen molar-refractivity contribution in [1.82, 2.24) is 15.0 Å². The predicted molar refractivity (Wildman–Crippen MR) is 139 cm³/mol. The number of piperidine rings is 1. The third-order valence-electron chi connectivity index (χ3n) is 7.63. The van der Waals surface area contributed by atoms with E-state index in [4.69, 9.17) is 0 Å². The van der Waals surface area contributed by atoms with E-state index >= 15 is 0 Å². The highest BCUT2D eigenvalue weighted by atomic mass is 16.3. The van der Waals surface area contributed by atoms with Crippen LogP contribution in [-0.2, 0) is 11.3 Å². The lowest BCUT2D eigenvalue weighted by Crippen LogP contribution is -2.37. The van der Waals surface area contributed by atoms with Gasteiger partial charge in [-0.05, 0) is 30.9 Å². The summed E-state index contributed by atoms with van der Waals surface area (Å²) in [4.78, 5) is 29.1. The maximum atomic E-state index is 13.0. The van der Waals surface area contributed by atoms with Crippen LogP contribution in [0.3, 0.4) is 0 Å². The van der Waals surface area contributed by atoms with Gasteiger partial charge in [0.2, 0.25) is 5.95 Å². The van der Waals surface area contributed by atoms with E-state index in [-0.39, 0.29) is 11.7 Å². The van der Waals surface area contributed by atoms with Crippen molar-refractivity contribution < 1.29 is 9.90 Å². The second-order valence-electron chi connectivity index (χ2n) is 10.0. The molecule has 7 nitrogen and oxygen atoms in total. The van der Waals surface area contributed by atoms with Crippen LogP contribution in [0.4, 0.5) is 11.8 Å². The summed E-state index contributed by atoms with van der Waals surface area (Å²) in [6, 6.07) is 9.13. The van der Waals surface area contributed by atoms with Crippen LogP contribution in [0.15, 0.2) is 42.7 Å².